The molecule has 0 saturated carbocycles. The van der Waals surface area contributed by atoms with E-state index in [1.54, 1.807) is 32.1 Å². The van der Waals surface area contributed by atoms with Crippen molar-refractivity contribution in [3.05, 3.63) is 64.6 Å². The third kappa shape index (κ3) is 6.37. The van der Waals surface area contributed by atoms with Gasteiger partial charge in [-0.3, -0.25) is 19.3 Å². The predicted octanol–water partition coefficient (Wildman–Crippen LogP) is 4.44. The second-order valence-corrected chi connectivity index (χ2v) is 8.35. The van der Waals surface area contributed by atoms with E-state index in [2.05, 4.69) is 0 Å². The minimum Gasteiger partial charge on any atom is -0.490 e. The van der Waals surface area contributed by atoms with E-state index in [4.69, 9.17) is 14.2 Å². The number of carbonyl (C=O) groups excluding carboxylic acids is 3. The van der Waals surface area contributed by atoms with Crippen LogP contribution in [0.2, 0.25) is 0 Å². The maximum Gasteiger partial charge on any atom is 0.326 e. The number of para-hydroxylation sites is 1. The summed E-state index contributed by atoms with van der Waals surface area (Å²) in [6, 6.07) is 14.9. The van der Waals surface area contributed by atoms with Gasteiger partial charge in [0.15, 0.2) is 0 Å². The highest BCUT2D eigenvalue weighted by molar-refractivity contribution is 8.18. The van der Waals surface area contributed by atoms with Gasteiger partial charge in [0.05, 0.1) is 11.0 Å². The third-order valence-electron chi connectivity index (χ3n) is 4.36. The molecule has 32 heavy (non-hydrogen) atoms. The van der Waals surface area contributed by atoms with Crippen molar-refractivity contribution >= 4 is 35.0 Å². The number of imide groups is 1. The Balaban J connectivity index is 1.62. The topological polar surface area (TPSA) is 82.1 Å². The van der Waals surface area contributed by atoms with Gasteiger partial charge in [0.2, 0.25) is 0 Å². The molecule has 0 atom stereocenters. The average Bonchev–Trinajstić information content (AvgIpc) is 3.00. The number of hydrogen-bond donors (Lipinski definition) is 0. The number of benzene rings is 2. The summed E-state index contributed by atoms with van der Waals surface area (Å²) in [6.07, 6.45) is 1.27. The number of carbonyl (C=O) groups is 3. The standard InChI is InChI=1S/C24H25NO6S/c1-16(2)31-22(26)15-25-23(27)21(32-24(25)28)14-18-6-4-5-7-20(18)30-13-12-29-19-10-8-17(3)9-11-19/h4-11,14,16H,12-13,15H2,1-3H3/b21-14-. The third-order valence-corrected chi connectivity index (χ3v) is 5.27. The molecule has 8 heteroatoms. The summed E-state index contributed by atoms with van der Waals surface area (Å²) >= 11 is 0.783. The molecule has 0 N–H and O–H groups in total. The zero-order valence-corrected chi connectivity index (χ0v) is 19.0. The van der Waals surface area contributed by atoms with Crippen LogP contribution in [0.15, 0.2) is 53.4 Å². The summed E-state index contributed by atoms with van der Waals surface area (Å²) in [5.74, 6) is 0.169. The molecule has 1 aliphatic heterocycles. The van der Waals surface area contributed by atoms with Crippen molar-refractivity contribution in [1.82, 2.24) is 4.90 Å². The van der Waals surface area contributed by atoms with Gasteiger partial charge in [-0.1, -0.05) is 35.9 Å². The zero-order chi connectivity index (χ0) is 23.1. The largest absolute Gasteiger partial charge is 0.490 e. The van der Waals surface area contributed by atoms with E-state index >= 15 is 0 Å². The molecule has 0 aliphatic carbocycles. The monoisotopic (exact) mass is 455 g/mol. The van der Waals surface area contributed by atoms with Crippen LogP contribution < -0.4 is 9.47 Å². The van der Waals surface area contributed by atoms with Crippen molar-refractivity contribution in [2.45, 2.75) is 26.9 Å². The summed E-state index contributed by atoms with van der Waals surface area (Å²) in [5.41, 5.74) is 1.81. The molecule has 2 aromatic rings. The SMILES string of the molecule is Cc1ccc(OCCOc2ccccc2/C=C2\SC(=O)N(CC(=O)OC(C)C)C2=O)cc1. The second kappa shape index (κ2) is 10.9. The molecule has 0 aromatic heterocycles. The normalized spacial score (nSPS) is 14.9. The Hall–Kier alpha value is -3.26. The molecule has 168 valence electrons. The first kappa shape index (κ1) is 23.4. The molecule has 2 amide bonds. The summed E-state index contributed by atoms with van der Waals surface area (Å²) < 4.78 is 16.5. The van der Waals surface area contributed by atoms with Crippen molar-refractivity contribution < 1.29 is 28.6 Å². The first-order chi connectivity index (χ1) is 15.3. The van der Waals surface area contributed by atoms with Gasteiger partial charge in [-0.05, 0) is 56.8 Å². The highest BCUT2D eigenvalue weighted by Crippen LogP contribution is 2.34. The van der Waals surface area contributed by atoms with Crippen molar-refractivity contribution in [2.75, 3.05) is 19.8 Å². The van der Waals surface area contributed by atoms with Crippen molar-refractivity contribution in [2.24, 2.45) is 0 Å². The minimum absolute atomic E-state index is 0.222. The van der Waals surface area contributed by atoms with Crippen LogP contribution in [0.5, 0.6) is 11.5 Å². The highest BCUT2D eigenvalue weighted by atomic mass is 32.2. The van der Waals surface area contributed by atoms with Crippen LogP contribution in [0, 0.1) is 6.92 Å². The van der Waals surface area contributed by atoms with Crippen molar-refractivity contribution in [3.8, 4) is 11.5 Å². The number of amides is 2. The van der Waals surface area contributed by atoms with Crippen LogP contribution in [0.25, 0.3) is 6.08 Å². The van der Waals surface area contributed by atoms with Gasteiger partial charge in [-0.2, -0.15) is 0 Å². The molecule has 2 aromatic carbocycles. The molecule has 0 radical (unpaired) electrons. The molecule has 1 fully saturated rings. The van der Waals surface area contributed by atoms with Gasteiger partial charge in [-0.15, -0.1) is 0 Å². The van der Waals surface area contributed by atoms with Crippen molar-refractivity contribution in [1.29, 1.82) is 0 Å². The maximum absolute atomic E-state index is 12.6. The molecule has 7 nitrogen and oxygen atoms in total. The first-order valence-corrected chi connectivity index (χ1v) is 11.0. The second-order valence-electron chi connectivity index (χ2n) is 7.35. The van der Waals surface area contributed by atoms with Crippen molar-refractivity contribution in [3.63, 3.8) is 0 Å². The molecule has 1 heterocycles. The molecule has 0 unspecified atom stereocenters. The quantitative estimate of drug-likeness (QED) is 0.314. The van der Waals surface area contributed by atoms with E-state index in [0.717, 1.165) is 28.0 Å². The van der Waals surface area contributed by atoms with Gasteiger partial charge < -0.3 is 14.2 Å². The fourth-order valence-corrected chi connectivity index (χ4v) is 3.71. The van der Waals surface area contributed by atoms with E-state index in [0.29, 0.717) is 24.5 Å². The average molecular weight is 456 g/mol. The van der Waals surface area contributed by atoms with Gasteiger partial charge >= 0.3 is 5.97 Å². The van der Waals surface area contributed by atoms with E-state index in [1.807, 2.05) is 43.3 Å². The van der Waals surface area contributed by atoms with Crippen LogP contribution in [0.1, 0.15) is 25.0 Å². The molecular formula is C24H25NO6S. The van der Waals surface area contributed by atoms with Gasteiger partial charge in [-0.25, -0.2) is 0 Å². The summed E-state index contributed by atoms with van der Waals surface area (Å²) in [7, 11) is 0. The van der Waals surface area contributed by atoms with Crippen LogP contribution in [0.3, 0.4) is 0 Å². The lowest BCUT2D eigenvalue weighted by Gasteiger charge is -2.13. The zero-order valence-electron chi connectivity index (χ0n) is 18.2. The smallest absolute Gasteiger partial charge is 0.326 e. The molecule has 0 bridgehead atoms. The fourth-order valence-electron chi connectivity index (χ4n) is 2.88. The van der Waals surface area contributed by atoms with Gasteiger partial charge in [0.25, 0.3) is 11.1 Å². The lowest BCUT2D eigenvalue weighted by molar-refractivity contribution is -0.149. The first-order valence-electron chi connectivity index (χ1n) is 10.2. The summed E-state index contributed by atoms with van der Waals surface area (Å²) in [6.45, 7) is 5.67. The lowest BCUT2D eigenvalue weighted by Crippen LogP contribution is -2.35. The van der Waals surface area contributed by atoms with E-state index in [-0.39, 0.29) is 11.0 Å². The number of thioether (sulfide) groups is 1. The number of esters is 1. The van der Waals surface area contributed by atoms with E-state index < -0.39 is 23.7 Å². The predicted molar refractivity (Wildman–Crippen MR) is 123 cm³/mol. The van der Waals surface area contributed by atoms with Crippen LogP contribution in [-0.2, 0) is 14.3 Å². The number of nitrogens with zero attached hydrogens (tertiary/aromatic N) is 1. The van der Waals surface area contributed by atoms with Gasteiger partial charge in [0, 0.05) is 5.56 Å². The number of hydrogen-bond acceptors (Lipinski definition) is 7. The molecule has 0 spiro atoms. The maximum atomic E-state index is 12.6. The Morgan fingerprint density at radius 2 is 1.72 bits per heavy atom. The van der Waals surface area contributed by atoms with Crippen LogP contribution in [0.4, 0.5) is 4.79 Å². The van der Waals surface area contributed by atoms with E-state index in [1.165, 1.54) is 0 Å². The fraction of sp³-hybridized carbons (Fsp3) is 0.292. The van der Waals surface area contributed by atoms with Gasteiger partial charge in [0.1, 0.15) is 31.3 Å². The number of aryl methyl sites for hydroxylation is 1. The minimum atomic E-state index is -0.624. The molecule has 3 rings (SSSR count). The Kier molecular flexibility index (Phi) is 7.94. The Labute approximate surface area is 191 Å². The van der Waals surface area contributed by atoms with Crippen LogP contribution >= 0.6 is 11.8 Å². The summed E-state index contributed by atoms with van der Waals surface area (Å²) in [5, 5.41) is -0.508. The highest BCUT2D eigenvalue weighted by Gasteiger charge is 2.37. The van der Waals surface area contributed by atoms with E-state index in [9.17, 15) is 14.4 Å². The summed E-state index contributed by atoms with van der Waals surface area (Å²) in [4.78, 5) is 37.8. The number of ether oxygens (including phenoxy) is 3. The Bertz CT molecular complexity index is 1020. The molecule has 1 aliphatic rings. The van der Waals surface area contributed by atoms with Crippen LogP contribution in [-0.4, -0.2) is 47.9 Å². The molecular weight excluding hydrogens is 430 g/mol. The lowest BCUT2D eigenvalue weighted by atomic mass is 10.2. The number of rotatable bonds is 9. The molecule has 1 saturated heterocycles. The Morgan fingerprint density at radius 3 is 2.44 bits per heavy atom. The Morgan fingerprint density at radius 1 is 1.03 bits per heavy atom.